The van der Waals surface area contributed by atoms with E-state index in [4.69, 9.17) is 0 Å². The minimum atomic E-state index is -3.35. The molecule has 0 aliphatic heterocycles. The monoisotopic (exact) mass is 272 g/mol. The Bertz CT molecular complexity index is 442. The van der Waals surface area contributed by atoms with Crippen LogP contribution in [-0.4, -0.2) is 31.9 Å². The number of nitrogens with one attached hydrogen (secondary N) is 1. The molecule has 1 amide bonds. The quantitative estimate of drug-likeness (QED) is 0.827. The third kappa shape index (κ3) is 4.30. The molecule has 102 valence electrons. The summed E-state index contributed by atoms with van der Waals surface area (Å²) in [7, 11) is -3.35. The molecule has 6 heteroatoms. The van der Waals surface area contributed by atoms with Crippen molar-refractivity contribution in [2.75, 3.05) is 12.0 Å². The first-order valence-electron chi connectivity index (χ1n) is 6.20. The average Bonchev–Trinajstić information content (AvgIpc) is 2.27. The molecule has 1 rings (SSSR count). The van der Waals surface area contributed by atoms with E-state index in [0.717, 1.165) is 25.5 Å². The molecule has 0 heterocycles. The van der Waals surface area contributed by atoms with Gasteiger partial charge in [-0.05, 0) is 31.6 Å². The number of nitriles is 1. The molecule has 1 aliphatic rings. The summed E-state index contributed by atoms with van der Waals surface area (Å²) in [5.74, 6) is -0.513. The zero-order valence-corrected chi connectivity index (χ0v) is 11.7. The van der Waals surface area contributed by atoms with E-state index in [1.54, 1.807) is 0 Å². The Kier molecular flexibility index (Phi) is 4.74. The van der Waals surface area contributed by atoms with Crippen LogP contribution in [0.5, 0.6) is 0 Å². The van der Waals surface area contributed by atoms with Crippen molar-refractivity contribution in [2.45, 2.75) is 44.6 Å². The minimum Gasteiger partial charge on any atom is -0.337 e. The van der Waals surface area contributed by atoms with Crippen molar-refractivity contribution in [1.29, 1.82) is 5.26 Å². The van der Waals surface area contributed by atoms with Crippen molar-refractivity contribution in [1.82, 2.24) is 5.32 Å². The Morgan fingerprint density at radius 2 is 2.00 bits per heavy atom. The zero-order valence-electron chi connectivity index (χ0n) is 10.9. The van der Waals surface area contributed by atoms with E-state index in [1.807, 2.05) is 0 Å². The topological polar surface area (TPSA) is 87.0 Å². The number of hydrogen-bond acceptors (Lipinski definition) is 4. The summed E-state index contributed by atoms with van der Waals surface area (Å²) in [5.41, 5.74) is -0.868. The van der Waals surface area contributed by atoms with Gasteiger partial charge in [0.15, 0.2) is 9.84 Å². The first-order chi connectivity index (χ1) is 8.30. The maximum absolute atomic E-state index is 11.6. The van der Waals surface area contributed by atoms with Gasteiger partial charge in [-0.15, -0.1) is 0 Å². The molecule has 0 aromatic rings. The van der Waals surface area contributed by atoms with Crippen molar-refractivity contribution >= 4 is 15.7 Å². The molecule has 18 heavy (non-hydrogen) atoms. The average molecular weight is 272 g/mol. The van der Waals surface area contributed by atoms with E-state index >= 15 is 0 Å². The highest BCUT2D eigenvalue weighted by Crippen LogP contribution is 2.33. The second-order valence-corrected chi connectivity index (χ2v) is 7.30. The number of rotatable bonds is 4. The van der Waals surface area contributed by atoms with Crippen LogP contribution in [0.25, 0.3) is 0 Å². The molecule has 0 aromatic carbocycles. The third-order valence-corrected chi connectivity index (χ3v) is 4.31. The van der Waals surface area contributed by atoms with Crippen LogP contribution < -0.4 is 5.32 Å². The fourth-order valence-electron chi connectivity index (χ4n) is 2.38. The molecule has 1 aliphatic carbocycles. The van der Waals surface area contributed by atoms with Crippen molar-refractivity contribution in [3.8, 4) is 6.07 Å². The summed E-state index contributed by atoms with van der Waals surface area (Å²) in [5, 5.41) is 11.8. The smallest absolute Gasteiger partial charge is 0.236 e. The van der Waals surface area contributed by atoms with E-state index in [-0.39, 0.29) is 0 Å². The van der Waals surface area contributed by atoms with Gasteiger partial charge < -0.3 is 5.32 Å². The normalized spacial score (nSPS) is 28.4. The standard InChI is InChI=1S/C12H20N2O3S/c1-3-10-4-6-12(9-13,7-5-10)14-11(15)8-18(2,16)17/h10H,3-8H2,1-2H3,(H,14,15). The third-order valence-electron chi connectivity index (χ3n) is 3.52. The molecular weight excluding hydrogens is 252 g/mol. The lowest BCUT2D eigenvalue weighted by atomic mass is 9.76. The van der Waals surface area contributed by atoms with E-state index in [1.165, 1.54) is 0 Å². The van der Waals surface area contributed by atoms with Gasteiger partial charge in [0.2, 0.25) is 5.91 Å². The van der Waals surface area contributed by atoms with Gasteiger partial charge in [-0.25, -0.2) is 8.42 Å². The Morgan fingerprint density at radius 3 is 2.39 bits per heavy atom. The highest BCUT2D eigenvalue weighted by molar-refractivity contribution is 7.91. The predicted octanol–water partition coefficient (Wildman–Crippen LogP) is 1.01. The summed E-state index contributed by atoms with van der Waals surface area (Å²) < 4.78 is 22.1. The number of carbonyl (C=O) groups excluding carboxylic acids is 1. The first-order valence-corrected chi connectivity index (χ1v) is 8.26. The van der Waals surface area contributed by atoms with Crippen molar-refractivity contribution < 1.29 is 13.2 Å². The number of carbonyl (C=O) groups is 1. The Balaban J connectivity index is 2.63. The van der Waals surface area contributed by atoms with Gasteiger partial charge in [0.1, 0.15) is 11.3 Å². The Labute approximate surface area is 108 Å². The molecule has 0 spiro atoms. The van der Waals surface area contributed by atoms with E-state index < -0.39 is 27.0 Å². The van der Waals surface area contributed by atoms with E-state index in [0.29, 0.717) is 18.8 Å². The molecule has 1 fully saturated rings. The molecule has 1 saturated carbocycles. The Morgan fingerprint density at radius 1 is 1.44 bits per heavy atom. The minimum absolute atomic E-state index is 0.548. The summed E-state index contributed by atoms with van der Waals surface area (Å²) in [6, 6.07) is 2.15. The number of hydrogen-bond donors (Lipinski definition) is 1. The van der Waals surface area contributed by atoms with Gasteiger partial charge in [0, 0.05) is 6.26 Å². The van der Waals surface area contributed by atoms with Crippen LogP contribution in [0.4, 0.5) is 0 Å². The fraction of sp³-hybridized carbons (Fsp3) is 0.833. The maximum Gasteiger partial charge on any atom is 0.236 e. The van der Waals surface area contributed by atoms with E-state index in [9.17, 15) is 18.5 Å². The summed E-state index contributed by atoms with van der Waals surface area (Å²) in [4.78, 5) is 11.6. The molecule has 0 aromatic heterocycles. The van der Waals surface area contributed by atoms with Crippen LogP contribution in [0, 0.1) is 17.2 Å². The molecule has 0 bridgehead atoms. The van der Waals surface area contributed by atoms with Crippen LogP contribution >= 0.6 is 0 Å². The molecular formula is C12H20N2O3S. The van der Waals surface area contributed by atoms with Gasteiger partial charge in [-0.2, -0.15) is 5.26 Å². The summed E-state index contributed by atoms with van der Waals surface area (Å²) >= 11 is 0. The fourth-order valence-corrected chi connectivity index (χ4v) is 2.93. The lowest BCUT2D eigenvalue weighted by Gasteiger charge is -2.35. The van der Waals surface area contributed by atoms with Gasteiger partial charge in [-0.1, -0.05) is 13.3 Å². The first kappa shape index (κ1) is 15.0. The largest absolute Gasteiger partial charge is 0.337 e. The highest BCUT2D eigenvalue weighted by atomic mass is 32.2. The molecule has 0 unspecified atom stereocenters. The van der Waals surface area contributed by atoms with Crippen molar-refractivity contribution in [3.63, 3.8) is 0 Å². The number of amides is 1. The lowest BCUT2D eigenvalue weighted by molar-refractivity contribution is -0.120. The van der Waals surface area contributed by atoms with Gasteiger partial charge in [0.25, 0.3) is 0 Å². The number of sulfone groups is 1. The van der Waals surface area contributed by atoms with Crippen LogP contribution in [0.15, 0.2) is 0 Å². The second-order valence-electron chi connectivity index (χ2n) is 5.16. The SMILES string of the molecule is CCC1CCC(C#N)(NC(=O)CS(C)(=O)=O)CC1. The predicted molar refractivity (Wildman–Crippen MR) is 68.4 cm³/mol. The molecule has 5 nitrogen and oxygen atoms in total. The van der Waals surface area contributed by atoms with Crippen LogP contribution in [-0.2, 0) is 14.6 Å². The molecule has 0 radical (unpaired) electrons. The van der Waals surface area contributed by atoms with Crippen LogP contribution in [0.1, 0.15) is 39.0 Å². The van der Waals surface area contributed by atoms with Crippen LogP contribution in [0.2, 0.25) is 0 Å². The second kappa shape index (κ2) is 5.70. The highest BCUT2D eigenvalue weighted by Gasteiger charge is 2.36. The maximum atomic E-state index is 11.6. The Hall–Kier alpha value is -1.09. The van der Waals surface area contributed by atoms with Gasteiger partial charge >= 0.3 is 0 Å². The van der Waals surface area contributed by atoms with Crippen molar-refractivity contribution in [3.05, 3.63) is 0 Å². The van der Waals surface area contributed by atoms with Gasteiger partial charge in [-0.3, -0.25) is 4.79 Å². The molecule has 0 atom stereocenters. The zero-order chi connectivity index (χ0) is 13.8. The number of nitrogens with zero attached hydrogens (tertiary/aromatic N) is 1. The summed E-state index contributed by atoms with van der Waals surface area (Å²) in [6.45, 7) is 2.12. The molecule has 1 N–H and O–H groups in total. The summed E-state index contributed by atoms with van der Waals surface area (Å²) in [6.07, 6.45) is 5.12. The lowest BCUT2D eigenvalue weighted by Crippen LogP contribution is -2.51. The van der Waals surface area contributed by atoms with E-state index in [2.05, 4.69) is 18.3 Å². The molecule has 0 saturated heterocycles. The van der Waals surface area contributed by atoms with Crippen molar-refractivity contribution in [2.24, 2.45) is 5.92 Å². The van der Waals surface area contributed by atoms with Crippen LogP contribution in [0.3, 0.4) is 0 Å². The van der Waals surface area contributed by atoms with Gasteiger partial charge in [0.05, 0.1) is 6.07 Å².